The second kappa shape index (κ2) is 6.91. The lowest BCUT2D eigenvalue weighted by Crippen LogP contribution is -2.13. The Morgan fingerprint density at radius 1 is 1.17 bits per heavy atom. The highest BCUT2D eigenvalue weighted by molar-refractivity contribution is 6.01. The SMILES string of the molecule is CCOc1ccccc1NC(=O)c1nnc(-c2ccc(F)cc2)o1. The molecule has 1 aromatic heterocycles. The third-order valence-electron chi connectivity index (χ3n) is 3.15. The molecule has 7 heteroatoms. The number of amides is 1. The highest BCUT2D eigenvalue weighted by atomic mass is 19.1. The summed E-state index contributed by atoms with van der Waals surface area (Å²) in [6.45, 7) is 2.33. The Hall–Kier alpha value is -3.22. The van der Waals surface area contributed by atoms with Crippen LogP contribution in [0.4, 0.5) is 10.1 Å². The lowest BCUT2D eigenvalue weighted by Gasteiger charge is -2.09. The van der Waals surface area contributed by atoms with Gasteiger partial charge in [-0.1, -0.05) is 12.1 Å². The molecule has 0 aliphatic heterocycles. The van der Waals surface area contributed by atoms with Crippen LogP contribution in [0, 0.1) is 5.82 Å². The Bertz CT molecular complexity index is 846. The minimum atomic E-state index is -0.553. The van der Waals surface area contributed by atoms with Gasteiger partial charge in [0.1, 0.15) is 11.6 Å². The summed E-state index contributed by atoms with van der Waals surface area (Å²) in [6, 6.07) is 12.6. The monoisotopic (exact) mass is 327 g/mol. The minimum Gasteiger partial charge on any atom is -0.492 e. The maximum atomic E-state index is 12.9. The van der Waals surface area contributed by atoms with E-state index in [1.54, 1.807) is 24.3 Å². The van der Waals surface area contributed by atoms with Gasteiger partial charge in [-0.05, 0) is 43.3 Å². The zero-order valence-electron chi connectivity index (χ0n) is 12.8. The fourth-order valence-corrected chi connectivity index (χ4v) is 2.05. The van der Waals surface area contributed by atoms with Crippen molar-refractivity contribution in [1.29, 1.82) is 0 Å². The van der Waals surface area contributed by atoms with Crippen molar-refractivity contribution in [3.63, 3.8) is 0 Å². The van der Waals surface area contributed by atoms with Crippen molar-refractivity contribution in [2.45, 2.75) is 6.92 Å². The van der Waals surface area contributed by atoms with Crippen molar-refractivity contribution in [2.75, 3.05) is 11.9 Å². The van der Waals surface area contributed by atoms with Gasteiger partial charge in [0, 0.05) is 5.56 Å². The number of carbonyl (C=O) groups is 1. The molecule has 2 aromatic carbocycles. The first-order chi connectivity index (χ1) is 11.7. The number of hydrogen-bond acceptors (Lipinski definition) is 5. The number of nitrogens with zero attached hydrogens (tertiary/aromatic N) is 2. The average Bonchev–Trinajstić information content (AvgIpc) is 3.08. The Morgan fingerprint density at radius 3 is 2.67 bits per heavy atom. The number of anilines is 1. The molecule has 24 heavy (non-hydrogen) atoms. The summed E-state index contributed by atoms with van der Waals surface area (Å²) >= 11 is 0. The topological polar surface area (TPSA) is 77.2 Å². The molecule has 6 nitrogen and oxygen atoms in total. The third kappa shape index (κ3) is 3.40. The predicted molar refractivity (Wildman–Crippen MR) is 85.3 cm³/mol. The van der Waals surface area contributed by atoms with E-state index in [1.165, 1.54) is 24.3 Å². The average molecular weight is 327 g/mol. The summed E-state index contributed by atoms with van der Waals surface area (Å²) in [7, 11) is 0. The van der Waals surface area contributed by atoms with Crippen LogP contribution in [0.3, 0.4) is 0 Å². The van der Waals surface area contributed by atoms with Crippen molar-refractivity contribution in [3.8, 4) is 17.2 Å². The van der Waals surface area contributed by atoms with Crippen molar-refractivity contribution in [1.82, 2.24) is 10.2 Å². The van der Waals surface area contributed by atoms with E-state index in [-0.39, 0.29) is 17.6 Å². The molecule has 0 saturated heterocycles. The highest BCUT2D eigenvalue weighted by Gasteiger charge is 2.17. The van der Waals surface area contributed by atoms with Gasteiger partial charge in [0.25, 0.3) is 0 Å². The Balaban J connectivity index is 1.78. The lowest BCUT2D eigenvalue weighted by molar-refractivity contribution is 0.0990. The number of ether oxygens (including phenoxy) is 1. The third-order valence-corrected chi connectivity index (χ3v) is 3.15. The summed E-state index contributed by atoms with van der Waals surface area (Å²) in [5.74, 6) is -0.433. The number of halogens is 1. The van der Waals surface area contributed by atoms with Crippen LogP contribution >= 0.6 is 0 Å². The predicted octanol–water partition coefficient (Wildman–Crippen LogP) is 3.53. The number of rotatable bonds is 5. The van der Waals surface area contributed by atoms with Gasteiger partial charge in [-0.15, -0.1) is 10.2 Å². The second-order valence-electron chi connectivity index (χ2n) is 4.80. The zero-order chi connectivity index (χ0) is 16.9. The number of hydrogen-bond donors (Lipinski definition) is 1. The number of para-hydroxylation sites is 2. The maximum Gasteiger partial charge on any atom is 0.313 e. The molecule has 0 radical (unpaired) electrons. The fourth-order valence-electron chi connectivity index (χ4n) is 2.05. The van der Waals surface area contributed by atoms with Gasteiger partial charge in [-0.25, -0.2) is 4.39 Å². The molecule has 1 N–H and O–H groups in total. The van der Waals surface area contributed by atoms with E-state index in [9.17, 15) is 9.18 Å². The molecule has 0 aliphatic rings. The fraction of sp³-hybridized carbons (Fsp3) is 0.118. The number of benzene rings is 2. The minimum absolute atomic E-state index is 0.137. The van der Waals surface area contributed by atoms with Crippen molar-refractivity contribution < 1.29 is 18.3 Å². The largest absolute Gasteiger partial charge is 0.492 e. The lowest BCUT2D eigenvalue weighted by atomic mass is 10.2. The van der Waals surface area contributed by atoms with Gasteiger partial charge < -0.3 is 14.5 Å². The molecule has 0 fully saturated rings. The first-order valence-electron chi connectivity index (χ1n) is 7.30. The van der Waals surface area contributed by atoms with Crippen LogP contribution in [-0.2, 0) is 0 Å². The Morgan fingerprint density at radius 2 is 1.92 bits per heavy atom. The smallest absolute Gasteiger partial charge is 0.313 e. The Kier molecular flexibility index (Phi) is 4.51. The van der Waals surface area contributed by atoms with Crippen LogP contribution < -0.4 is 10.1 Å². The van der Waals surface area contributed by atoms with E-state index >= 15 is 0 Å². The molecule has 0 unspecified atom stereocenters. The molecule has 1 heterocycles. The molecule has 0 bridgehead atoms. The highest BCUT2D eigenvalue weighted by Crippen LogP contribution is 2.24. The second-order valence-corrected chi connectivity index (χ2v) is 4.80. The molecule has 3 rings (SSSR count). The van der Waals surface area contributed by atoms with Crippen molar-refractivity contribution in [2.24, 2.45) is 0 Å². The van der Waals surface area contributed by atoms with Gasteiger partial charge in [-0.3, -0.25) is 4.79 Å². The summed E-state index contributed by atoms with van der Waals surface area (Å²) < 4.78 is 23.7. The summed E-state index contributed by atoms with van der Waals surface area (Å²) in [6.07, 6.45) is 0. The van der Waals surface area contributed by atoms with Gasteiger partial charge in [-0.2, -0.15) is 0 Å². The number of nitrogens with one attached hydrogen (secondary N) is 1. The molecular formula is C17H14FN3O3. The molecule has 3 aromatic rings. The van der Waals surface area contributed by atoms with Gasteiger partial charge in [0.05, 0.1) is 12.3 Å². The van der Waals surface area contributed by atoms with Crippen molar-refractivity contribution in [3.05, 3.63) is 60.2 Å². The molecule has 0 aliphatic carbocycles. The number of aromatic nitrogens is 2. The van der Waals surface area contributed by atoms with E-state index in [2.05, 4.69) is 15.5 Å². The molecule has 0 atom stereocenters. The standard InChI is InChI=1S/C17H14FN3O3/c1-2-23-14-6-4-3-5-13(14)19-15(22)17-21-20-16(24-17)11-7-9-12(18)10-8-11/h3-10H,2H2,1H3,(H,19,22). The van der Waals surface area contributed by atoms with Gasteiger partial charge in [0.2, 0.25) is 5.89 Å². The summed E-state index contributed by atoms with van der Waals surface area (Å²) in [5.41, 5.74) is 1.03. The van der Waals surface area contributed by atoms with Crippen LogP contribution in [-0.4, -0.2) is 22.7 Å². The summed E-state index contributed by atoms with van der Waals surface area (Å²) in [4.78, 5) is 12.2. The van der Waals surface area contributed by atoms with Crippen LogP contribution in [0.1, 0.15) is 17.6 Å². The zero-order valence-corrected chi connectivity index (χ0v) is 12.8. The number of carbonyl (C=O) groups excluding carboxylic acids is 1. The Labute approximate surface area is 137 Å². The van der Waals surface area contributed by atoms with Crippen LogP contribution in [0.15, 0.2) is 52.9 Å². The quantitative estimate of drug-likeness (QED) is 0.776. The molecule has 122 valence electrons. The first-order valence-corrected chi connectivity index (χ1v) is 7.30. The van der Waals surface area contributed by atoms with E-state index in [4.69, 9.17) is 9.15 Å². The first kappa shape index (κ1) is 15.7. The van der Waals surface area contributed by atoms with Crippen LogP contribution in [0.25, 0.3) is 11.5 Å². The van der Waals surface area contributed by atoms with E-state index in [1.807, 2.05) is 6.92 Å². The summed E-state index contributed by atoms with van der Waals surface area (Å²) in [5, 5.41) is 10.2. The molecular weight excluding hydrogens is 313 g/mol. The van der Waals surface area contributed by atoms with E-state index < -0.39 is 5.91 Å². The van der Waals surface area contributed by atoms with Gasteiger partial charge >= 0.3 is 11.8 Å². The van der Waals surface area contributed by atoms with Crippen LogP contribution in [0.5, 0.6) is 5.75 Å². The molecule has 1 amide bonds. The maximum absolute atomic E-state index is 12.9. The van der Waals surface area contributed by atoms with Crippen molar-refractivity contribution >= 4 is 11.6 Å². The van der Waals surface area contributed by atoms with Crippen LogP contribution in [0.2, 0.25) is 0 Å². The molecule has 0 saturated carbocycles. The normalized spacial score (nSPS) is 10.4. The van der Waals surface area contributed by atoms with E-state index in [0.717, 1.165) is 0 Å². The van der Waals surface area contributed by atoms with Gasteiger partial charge in [0.15, 0.2) is 0 Å². The van der Waals surface area contributed by atoms with E-state index in [0.29, 0.717) is 23.6 Å². The molecule has 0 spiro atoms.